The first-order chi connectivity index (χ1) is 8.72. The van der Waals surface area contributed by atoms with Gasteiger partial charge in [0.05, 0.1) is 0 Å². The van der Waals surface area contributed by atoms with E-state index in [0.29, 0.717) is 11.6 Å². The van der Waals surface area contributed by atoms with E-state index in [1.807, 2.05) is 24.3 Å². The second-order valence-electron chi connectivity index (χ2n) is 4.35. The molecule has 0 atom stereocenters. The van der Waals surface area contributed by atoms with Crippen molar-refractivity contribution in [3.05, 3.63) is 46.3 Å². The van der Waals surface area contributed by atoms with E-state index in [9.17, 15) is 4.79 Å². The number of nitrogens with one attached hydrogen (secondary N) is 1. The van der Waals surface area contributed by atoms with Crippen molar-refractivity contribution in [3.8, 4) is 0 Å². The Bertz CT molecular complexity index is 590. The number of aromatic nitrogens is 1. The fourth-order valence-electron chi connectivity index (χ4n) is 1.72. The topological polar surface area (TPSA) is 55.1 Å². The van der Waals surface area contributed by atoms with Crippen molar-refractivity contribution >= 4 is 27.5 Å². The van der Waals surface area contributed by atoms with E-state index >= 15 is 0 Å². The summed E-state index contributed by atoms with van der Waals surface area (Å²) in [5, 5.41) is 6.58. The highest BCUT2D eigenvalue weighted by molar-refractivity contribution is 9.10. The SMILES string of the molecule is O=C(Nc1cccc(Br)c1)c1cc(C2CC2)on1. The van der Waals surface area contributed by atoms with Gasteiger partial charge in [-0.05, 0) is 31.0 Å². The van der Waals surface area contributed by atoms with Crippen molar-refractivity contribution in [2.45, 2.75) is 18.8 Å². The van der Waals surface area contributed by atoms with Gasteiger partial charge in [0.2, 0.25) is 0 Å². The zero-order valence-corrected chi connectivity index (χ0v) is 11.1. The third-order valence-electron chi connectivity index (χ3n) is 2.82. The van der Waals surface area contributed by atoms with Crippen LogP contribution in [0.2, 0.25) is 0 Å². The average molecular weight is 307 g/mol. The minimum absolute atomic E-state index is 0.247. The standard InChI is InChI=1S/C13H11BrN2O2/c14-9-2-1-3-10(6-9)15-13(17)11-7-12(18-16-11)8-4-5-8/h1-3,6-8H,4-5H2,(H,15,17). The van der Waals surface area contributed by atoms with Gasteiger partial charge in [-0.3, -0.25) is 4.79 Å². The van der Waals surface area contributed by atoms with Gasteiger partial charge in [-0.1, -0.05) is 27.2 Å². The lowest BCUT2D eigenvalue weighted by Crippen LogP contribution is -2.12. The van der Waals surface area contributed by atoms with Crippen LogP contribution in [0.3, 0.4) is 0 Å². The number of carbonyl (C=O) groups is 1. The van der Waals surface area contributed by atoms with Gasteiger partial charge in [-0.2, -0.15) is 0 Å². The molecule has 0 spiro atoms. The summed E-state index contributed by atoms with van der Waals surface area (Å²) in [6.45, 7) is 0. The van der Waals surface area contributed by atoms with Crippen LogP contribution >= 0.6 is 15.9 Å². The van der Waals surface area contributed by atoms with E-state index in [2.05, 4.69) is 26.4 Å². The molecular weight excluding hydrogens is 296 g/mol. The first-order valence-electron chi connectivity index (χ1n) is 5.76. The van der Waals surface area contributed by atoms with Crippen molar-refractivity contribution in [1.82, 2.24) is 5.16 Å². The third kappa shape index (κ3) is 2.46. The number of nitrogens with zero attached hydrogens (tertiary/aromatic N) is 1. The highest BCUT2D eigenvalue weighted by Gasteiger charge is 2.28. The van der Waals surface area contributed by atoms with Gasteiger partial charge >= 0.3 is 0 Å². The molecule has 5 heteroatoms. The minimum Gasteiger partial charge on any atom is -0.360 e. The van der Waals surface area contributed by atoms with Gasteiger partial charge in [-0.25, -0.2) is 0 Å². The molecule has 0 radical (unpaired) electrons. The Morgan fingerprint density at radius 3 is 2.94 bits per heavy atom. The third-order valence-corrected chi connectivity index (χ3v) is 3.32. The highest BCUT2D eigenvalue weighted by Crippen LogP contribution is 2.40. The maximum atomic E-state index is 11.9. The molecule has 1 amide bonds. The maximum Gasteiger partial charge on any atom is 0.277 e. The van der Waals surface area contributed by atoms with E-state index in [0.717, 1.165) is 28.8 Å². The van der Waals surface area contributed by atoms with Crippen LogP contribution in [0.4, 0.5) is 5.69 Å². The first kappa shape index (κ1) is 11.5. The molecule has 0 aliphatic heterocycles. The van der Waals surface area contributed by atoms with Crippen LogP contribution in [0.5, 0.6) is 0 Å². The molecule has 1 aliphatic rings. The van der Waals surface area contributed by atoms with Gasteiger partial charge in [0.25, 0.3) is 5.91 Å². The fraction of sp³-hybridized carbons (Fsp3) is 0.231. The maximum absolute atomic E-state index is 11.9. The Morgan fingerprint density at radius 1 is 1.39 bits per heavy atom. The van der Waals surface area contributed by atoms with Crippen molar-refractivity contribution < 1.29 is 9.32 Å². The number of hydrogen-bond acceptors (Lipinski definition) is 3. The van der Waals surface area contributed by atoms with Crippen molar-refractivity contribution in [2.75, 3.05) is 5.32 Å². The van der Waals surface area contributed by atoms with Crippen LogP contribution in [0.1, 0.15) is 35.0 Å². The number of carbonyl (C=O) groups excluding carboxylic acids is 1. The molecule has 1 saturated carbocycles. The average Bonchev–Trinajstić information content (AvgIpc) is 3.07. The Balaban J connectivity index is 1.73. The van der Waals surface area contributed by atoms with Crippen LogP contribution in [0, 0.1) is 0 Å². The van der Waals surface area contributed by atoms with E-state index in [1.165, 1.54) is 0 Å². The van der Waals surface area contributed by atoms with E-state index in [-0.39, 0.29) is 5.91 Å². The molecule has 4 nitrogen and oxygen atoms in total. The van der Waals surface area contributed by atoms with Gasteiger partial charge < -0.3 is 9.84 Å². The van der Waals surface area contributed by atoms with E-state index < -0.39 is 0 Å². The molecule has 1 N–H and O–H groups in total. The van der Waals surface area contributed by atoms with Crippen molar-refractivity contribution in [3.63, 3.8) is 0 Å². The second-order valence-corrected chi connectivity index (χ2v) is 5.27. The fourth-order valence-corrected chi connectivity index (χ4v) is 2.12. The monoisotopic (exact) mass is 306 g/mol. The normalized spacial score (nSPS) is 14.5. The summed E-state index contributed by atoms with van der Waals surface area (Å²) in [7, 11) is 0. The molecule has 2 aromatic rings. The van der Waals surface area contributed by atoms with E-state index in [4.69, 9.17) is 4.52 Å². The zero-order chi connectivity index (χ0) is 12.5. The summed E-state index contributed by atoms with van der Waals surface area (Å²) in [6.07, 6.45) is 2.25. The number of halogens is 1. The summed E-state index contributed by atoms with van der Waals surface area (Å²) >= 11 is 3.35. The predicted molar refractivity (Wildman–Crippen MR) is 70.6 cm³/mol. The molecule has 1 fully saturated rings. The number of anilines is 1. The molecule has 18 heavy (non-hydrogen) atoms. The summed E-state index contributed by atoms with van der Waals surface area (Å²) < 4.78 is 6.07. The molecule has 3 rings (SSSR count). The summed E-state index contributed by atoms with van der Waals surface area (Å²) in [5.74, 6) is 1.03. The molecule has 1 aromatic carbocycles. The number of rotatable bonds is 3. The molecule has 92 valence electrons. The predicted octanol–water partition coefficient (Wildman–Crippen LogP) is 3.57. The van der Waals surface area contributed by atoms with Crippen LogP contribution in [0.15, 0.2) is 39.3 Å². The Labute approximate surface area is 112 Å². The molecule has 1 heterocycles. The molecule has 0 unspecified atom stereocenters. The molecular formula is C13H11BrN2O2. The Kier molecular flexibility index (Phi) is 2.91. The first-order valence-corrected chi connectivity index (χ1v) is 6.55. The lowest BCUT2D eigenvalue weighted by molar-refractivity contribution is 0.101. The lowest BCUT2D eigenvalue weighted by atomic mass is 10.2. The van der Waals surface area contributed by atoms with Crippen LogP contribution < -0.4 is 5.32 Å². The smallest absolute Gasteiger partial charge is 0.277 e. The zero-order valence-electron chi connectivity index (χ0n) is 9.52. The van der Waals surface area contributed by atoms with Gasteiger partial charge in [-0.15, -0.1) is 0 Å². The summed E-state index contributed by atoms with van der Waals surface area (Å²) in [6, 6.07) is 9.14. The lowest BCUT2D eigenvalue weighted by Gasteiger charge is -2.02. The summed E-state index contributed by atoms with van der Waals surface area (Å²) in [4.78, 5) is 11.9. The van der Waals surface area contributed by atoms with Gasteiger partial charge in [0.1, 0.15) is 5.76 Å². The van der Waals surface area contributed by atoms with Crippen LogP contribution in [-0.4, -0.2) is 11.1 Å². The Hall–Kier alpha value is -1.62. The molecule has 1 aromatic heterocycles. The van der Waals surface area contributed by atoms with Gasteiger partial charge in [0, 0.05) is 22.1 Å². The van der Waals surface area contributed by atoms with Crippen molar-refractivity contribution in [1.29, 1.82) is 0 Å². The number of amides is 1. The quantitative estimate of drug-likeness (QED) is 0.943. The molecule has 0 bridgehead atoms. The largest absolute Gasteiger partial charge is 0.360 e. The minimum atomic E-state index is -0.247. The molecule has 1 aliphatic carbocycles. The number of benzene rings is 1. The molecule has 0 saturated heterocycles. The van der Waals surface area contributed by atoms with Crippen LogP contribution in [-0.2, 0) is 0 Å². The van der Waals surface area contributed by atoms with E-state index in [1.54, 1.807) is 6.07 Å². The van der Waals surface area contributed by atoms with Crippen molar-refractivity contribution in [2.24, 2.45) is 0 Å². The van der Waals surface area contributed by atoms with Crippen LogP contribution in [0.25, 0.3) is 0 Å². The summed E-state index contributed by atoms with van der Waals surface area (Å²) in [5.41, 5.74) is 1.06. The Morgan fingerprint density at radius 2 is 2.22 bits per heavy atom. The van der Waals surface area contributed by atoms with Gasteiger partial charge in [0.15, 0.2) is 5.69 Å². The number of hydrogen-bond donors (Lipinski definition) is 1. The second kappa shape index (κ2) is 4.57. The highest BCUT2D eigenvalue weighted by atomic mass is 79.9.